The van der Waals surface area contributed by atoms with Crippen molar-refractivity contribution in [3.05, 3.63) is 82.4 Å². The molecule has 1 saturated carbocycles. The quantitative estimate of drug-likeness (QED) is 0.161. The van der Waals surface area contributed by atoms with Crippen LogP contribution in [-0.2, 0) is 14.4 Å². The highest BCUT2D eigenvalue weighted by Crippen LogP contribution is 2.48. The molecule has 0 radical (unpaired) electrons. The lowest BCUT2D eigenvalue weighted by Gasteiger charge is -2.44. The van der Waals surface area contributed by atoms with Gasteiger partial charge in [-0.05, 0) is 100 Å². The predicted molar refractivity (Wildman–Crippen MR) is 177 cm³/mol. The number of ether oxygens (including phenoxy) is 2. The second-order valence-corrected chi connectivity index (χ2v) is 12.3. The summed E-state index contributed by atoms with van der Waals surface area (Å²) in [4.78, 5) is 42.2. The average Bonchev–Trinajstić information content (AvgIpc) is 2.97. The second-order valence-electron chi connectivity index (χ2n) is 12.3. The first-order chi connectivity index (χ1) is 21.4. The van der Waals surface area contributed by atoms with E-state index >= 15 is 0 Å². The maximum absolute atomic E-state index is 14.2. The van der Waals surface area contributed by atoms with Crippen LogP contribution in [-0.4, -0.2) is 41.5 Å². The monoisotopic (exact) mass is 614 g/mol. The van der Waals surface area contributed by atoms with Crippen molar-refractivity contribution < 1.29 is 29.0 Å². The van der Waals surface area contributed by atoms with Gasteiger partial charge in [0.25, 0.3) is 0 Å². The second kappa shape index (κ2) is 14.3. The average molecular weight is 615 g/mol. The summed E-state index contributed by atoms with van der Waals surface area (Å²) in [7, 11) is 0. The van der Waals surface area contributed by atoms with Gasteiger partial charge in [-0.1, -0.05) is 43.7 Å². The standard InChI is InChI=1S/C37H46N2O6/c1-8-10-19-45-30-18-17-26(20-31(30)44-9-2)32-33(35(41)38-27-15-11-13-22(3)24(27)5)29(40)21-37(7,43)34(32)36(42)39-28-16-12-14-23(4)25(28)6/h11-18,20,32-34,43H,8-10,19,21H2,1-7H3,(H,38,41)(H,39,42). The van der Waals surface area contributed by atoms with Gasteiger partial charge in [-0.25, -0.2) is 0 Å². The first-order valence-corrected chi connectivity index (χ1v) is 15.8. The number of unbranched alkanes of at least 4 members (excludes halogenated alkanes) is 1. The van der Waals surface area contributed by atoms with Crippen molar-refractivity contribution in [2.45, 2.75) is 79.2 Å². The Morgan fingerprint density at radius 3 is 2.04 bits per heavy atom. The minimum atomic E-state index is -1.73. The summed E-state index contributed by atoms with van der Waals surface area (Å²) in [5.41, 5.74) is 3.76. The van der Waals surface area contributed by atoms with Crippen LogP contribution in [0.3, 0.4) is 0 Å². The van der Waals surface area contributed by atoms with E-state index < -0.39 is 41.0 Å². The Labute approximate surface area is 266 Å². The number of rotatable bonds is 11. The van der Waals surface area contributed by atoms with Gasteiger partial charge in [-0.3, -0.25) is 14.4 Å². The third-order valence-corrected chi connectivity index (χ3v) is 8.97. The molecular weight excluding hydrogens is 568 g/mol. The van der Waals surface area contributed by atoms with Gasteiger partial charge in [0, 0.05) is 23.7 Å². The van der Waals surface area contributed by atoms with Gasteiger partial charge in [-0.2, -0.15) is 0 Å². The summed E-state index contributed by atoms with van der Waals surface area (Å²) >= 11 is 0. The number of Topliss-reactive ketones (excluding diaryl/α,β-unsaturated/α-hetero) is 1. The van der Waals surface area contributed by atoms with E-state index in [1.54, 1.807) is 30.3 Å². The third kappa shape index (κ3) is 7.39. The number of hydrogen-bond donors (Lipinski definition) is 3. The normalized spacial score (nSPS) is 21.2. The molecule has 0 saturated heterocycles. The van der Waals surface area contributed by atoms with Crippen LogP contribution < -0.4 is 20.1 Å². The zero-order valence-electron chi connectivity index (χ0n) is 27.5. The Hall–Kier alpha value is -4.17. The molecule has 240 valence electrons. The van der Waals surface area contributed by atoms with Crippen LogP contribution in [0.5, 0.6) is 11.5 Å². The van der Waals surface area contributed by atoms with Crippen molar-refractivity contribution in [3.63, 3.8) is 0 Å². The number of ketones is 1. The van der Waals surface area contributed by atoms with Gasteiger partial charge in [-0.15, -0.1) is 0 Å². The minimum absolute atomic E-state index is 0.351. The molecule has 1 aliphatic carbocycles. The summed E-state index contributed by atoms with van der Waals surface area (Å²) in [6.07, 6.45) is 1.49. The van der Waals surface area contributed by atoms with Gasteiger partial charge in [0.05, 0.1) is 24.7 Å². The van der Waals surface area contributed by atoms with Crippen molar-refractivity contribution in [2.24, 2.45) is 11.8 Å². The molecule has 4 rings (SSSR count). The number of nitrogens with one attached hydrogen (secondary N) is 2. The minimum Gasteiger partial charge on any atom is -0.490 e. The molecule has 8 heteroatoms. The summed E-state index contributed by atoms with van der Waals surface area (Å²) in [5, 5.41) is 17.7. The molecule has 0 aliphatic heterocycles. The molecule has 0 bridgehead atoms. The molecule has 1 aliphatic rings. The van der Waals surface area contributed by atoms with Gasteiger partial charge < -0.3 is 25.2 Å². The zero-order valence-corrected chi connectivity index (χ0v) is 27.5. The molecule has 0 heterocycles. The highest BCUT2D eigenvalue weighted by Gasteiger charge is 2.56. The van der Waals surface area contributed by atoms with E-state index in [0.717, 1.165) is 35.1 Å². The van der Waals surface area contributed by atoms with E-state index in [1.807, 2.05) is 58.9 Å². The lowest BCUT2D eigenvalue weighted by Crippen LogP contribution is -2.56. The van der Waals surface area contributed by atoms with E-state index in [0.29, 0.717) is 41.7 Å². The van der Waals surface area contributed by atoms with Crippen molar-refractivity contribution in [2.75, 3.05) is 23.8 Å². The number of hydrogen-bond acceptors (Lipinski definition) is 6. The van der Waals surface area contributed by atoms with Crippen LogP contribution >= 0.6 is 0 Å². The molecule has 1 fully saturated rings. The first kappa shape index (κ1) is 33.7. The number of carbonyl (C=O) groups is 3. The topological polar surface area (TPSA) is 114 Å². The van der Waals surface area contributed by atoms with Crippen LogP contribution in [0.2, 0.25) is 0 Å². The number of aliphatic hydroxyl groups is 1. The SMILES string of the molecule is CCCCOc1ccc(C2C(C(=O)Nc3cccc(C)c3C)C(=O)CC(C)(O)C2C(=O)Nc2cccc(C)c2C)cc1OCC. The van der Waals surface area contributed by atoms with E-state index in [1.165, 1.54) is 6.92 Å². The number of anilines is 2. The molecule has 8 nitrogen and oxygen atoms in total. The fourth-order valence-electron chi connectivity index (χ4n) is 6.13. The Morgan fingerprint density at radius 2 is 1.47 bits per heavy atom. The van der Waals surface area contributed by atoms with Crippen molar-refractivity contribution in [3.8, 4) is 11.5 Å². The molecule has 3 N–H and O–H groups in total. The fourth-order valence-corrected chi connectivity index (χ4v) is 6.13. The Morgan fingerprint density at radius 1 is 0.867 bits per heavy atom. The van der Waals surface area contributed by atoms with Gasteiger partial charge in [0.1, 0.15) is 11.7 Å². The van der Waals surface area contributed by atoms with Crippen LogP contribution in [0.1, 0.15) is 73.8 Å². The summed E-state index contributed by atoms with van der Waals surface area (Å²) in [6, 6.07) is 16.4. The Kier molecular flexibility index (Phi) is 10.7. The molecule has 2 amide bonds. The van der Waals surface area contributed by atoms with Gasteiger partial charge in [0.2, 0.25) is 11.8 Å². The molecule has 4 unspecified atom stereocenters. The van der Waals surface area contributed by atoms with E-state index in [2.05, 4.69) is 17.6 Å². The number of aryl methyl sites for hydroxylation is 2. The van der Waals surface area contributed by atoms with Gasteiger partial charge >= 0.3 is 0 Å². The molecule has 0 spiro atoms. The van der Waals surface area contributed by atoms with Crippen molar-refractivity contribution >= 4 is 29.0 Å². The maximum Gasteiger partial charge on any atom is 0.235 e. The van der Waals surface area contributed by atoms with E-state index in [-0.39, 0.29) is 6.42 Å². The lowest BCUT2D eigenvalue weighted by molar-refractivity contribution is -0.150. The number of benzene rings is 3. The number of carbonyl (C=O) groups excluding carboxylic acids is 3. The molecule has 0 aromatic heterocycles. The van der Waals surface area contributed by atoms with Crippen LogP contribution in [0.25, 0.3) is 0 Å². The highest BCUT2D eigenvalue weighted by atomic mass is 16.5. The first-order valence-electron chi connectivity index (χ1n) is 15.8. The molecule has 45 heavy (non-hydrogen) atoms. The smallest absolute Gasteiger partial charge is 0.235 e. The largest absolute Gasteiger partial charge is 0.490 e. The van der Waals surface area contributed by atoms with E-state index in [4.69, 9.17) is 9.47 Å². The third-order valence-electron chi connectivity index (χ3n) is 8.97. The zero-order chi connectivity index (χ0) is 32.9. The van der Waals surface area contributed by atoms with E-state index in [9.17, 15) is 19.5 Å². The van der Waals surface area contributed by atoms with Crippen LogP contribution in [0.4, 0.5) is 11.4 Å². The predicted octanol–water partition coefficient (Wildman–Crippen LogP) is 6.82. The Balaban J connectivity index is 1.84. The maximum atomic E-state index is 14.2. The Bertz CT molecular complexity index is 1560. The number of amides is 2. The van der Waals surface area contributed by atoms with Crippen LogP contribution in [0.15, 0.2) is 54.6 Å². The molecule has 4 atom stereocenters. The van der Waals surface area contributed by atoms with Gasteiger partial charge in [0.15, 0.2) is 11.5 Å². The highest BCUT2D eigenvalue weighted by molar-refractivity contribution is 6.10. The van der Waals surface area contributed by atoms with Crippen LogP contribution in [0, 0.1) is 39.5 Å². The van der Waals surface area contributed by atoms with Crippen molar-refractivity contribution in [1.82, 2.24) is 0 Å². The summed E-state index contributed by atoms with van der Waals surface area (Å²) in [6.45, 7) is 14.0. The summed E-state index contributed by atoms with van der Waals surface area (Å²) in [5.74, 6) is -3.85. The molecular formula is C37H46N2O6. The molecule has 3 aromatic carbocycles. The fraction of sp³-hybridized carbons (Fsp3) is 0.432. The summed E-state index contributed by atoms with van der Waals surface area (Å²) < 4.78 is 11.9. The van der Waals surface area contributed by atoms with Crippen molar-refractivity contribution in [1.29, 1.82) is 0 Å². The molecule has 3 aromatic rings. The lowest BCUT2D eigenvalue weighted by atomic mass is 9.61.